The minimum atomic E-state index is 1.14. The van der Waals surface area contributed by atoms with Crippen LogP contribution in [0.3, 0.4) is 0 Å². The zero-order valence-electron chi connectivity index (χ0n) is 10.4. The van der Waals surface area contributed by atoms with E-state index in [2.05, 4.69) is 24.6 Å². The highest BCUT2D eigenvalue weighted by Gasteiger charge is 1.93. The standard InChI is InChI=1S/C13H24N2/c1-5-6-7-8-9-10-11-13(2)15(4)12-14-3/h5,11-12H,1,6-10H2,2-4H3/b13-11+,14-12?. The molecule has 0 spiro atoms. The van der Waals surface area contributed by atoms with Gasteiger partial charge in [-0.1, -0.05) is 18.6 Å². The third-order valence-electron chi connectivity index (χ3n) is 2.40. The topological polar surface area (TPSA) is 15.6 Å². The van der Waals surface area contributed by atoms with Gasteiger partial charge in [-0.05, 0) is 32.6 Å². The molecule has 0 aromatic carbocycles. The number of aliphatic imine (C=N–C) groups is 1. The molecule has 2 nitrogen and oxygen atoms in total. The Bertz CT molecular complexity index is 217. The van der Waals surface area contributed by atoms with Crippen LogP contribution in [0.5, 0.6) is 0 Å². The summed E-state index contributed by atoms with van der Waals surface area (Å²) in [4.78, 5) is 6.02. The predicted molar refractivity (Wildman–Crippen MR) is 69.2 cm³/mol. The monoisotopic (exact) mass is 208 g/mol. The Balaban J connectivity index is 3.62. The Morgan fingerprint density at radius 1 is 1.27 bits per heavy atom. The summed E-state index contributed by atoms with van der Waals surface area (Å²) in [5.74, 6) is 0. The van der Waals surface area contributed by atoms with Gasteiger partial charge in [-0.15, -0.1) is 6.58 Å². The van der Waals surface area contributed by atoms with E-state index in [0.717, 1.165) is 12.8 Å². The molecule has 0 aliphatic heterocycles. The van der Waals surface area contributed by atoms with Gasteiger partial charge in [-0.25, -0.2) is 0 Å². The predicted octanol–water partition coefficient (Wildman–Crippen LogP) is 3.62. The molecule has 0 atom stereocenters. The second-order valence-electron chi connectivity index (χ2n) is 3.76. The fourth-order valence-corrected chi connectivity index (χ4v) is 1.33. The Morgan fingerprint density at radius 2 is 1.93 bits per heavy atom. The summed E-state index contributed by atoms with van der Waals surface area (Å²) in [7, 11) is 3.82. The van der Waals surface area contributed by atoms with Crippen LogP contribution in [0.15, 0.2) is 29.4 Å². The average molecular weight is 208 g/mol. The molecule has 0 aliphatic rings. The van der Waals surface area contributed by atoms with Crippen molar-refractivity contribution < 1.29 is 0 Å². The van der Waals surface area contributed by atoms with Crippen LogP contribution < -0.4 is 0 Å². The number of rotatable bonds is 8. The van der Waals surface area contributed by atoms with Crippen LogP contribution >= 0.6 is 0 Å². The highest BCUT2D eigenvalue weighted by molar-refractivity contribution is 5.56. The molecule has 0 aliphatic carbocycles. The molecule has 0 saturated carbocycles. The van der Waals surface area contributed by atoms with Crippen LogP contribution in [0.25, 0.3) is 0 Å². The van der Waals surface area contributed by atoms with E-state index in [4.69, 9.17) is 0 Å². The lowest BCUT2D eigenvalue weighted by atomic mass is 10.1. The molecule has 0 heterocycles. The van der Waals surface area contributed by atoms with Gasteiger partial charge >= 0.3 is 0 Å². The first-order valence-electron chi connectivity index (χ1n) is 5.65. The normalized spacial score (nSPS) is 12.1. The number of hydrogen-bond acceptors (Lipinski definition) is 1. The Hall–Kier alpha value is -1.05. The van der Waals surface area contributed by atoms with Crippen molar-refractivity contribution in [3.05, 3.63) is 24.4 Å². The molecule has 0 rings (SSSR count). The molecule has 0 radical (unpaired) electrons. The molecule has 0 aromatic heterocycles. The number of allylic oxidation sites excluding steroid dienone is 3. The quantitative estimate of drug-likeness (QED) is 0.257. The van der Waals surface area contributed by atoms with Crippen molar-refractivity contribution in [1.82, 2.24) is 4.90 Å². The summed E-state index contributed by atoms with van der Waals surface area (Å²) in [6.45, 7) is 5.83. The highest BCUT2D eigenvalue weighted by Crippen LogP contribution is 2.06. The van der Waals surface area contributed by atoms with Gasteiger partial charge in [0.15, 0.2) is 0 Å². The fourth-order valence-electron chi connectivity index (χ4n) is 1.33. The van der Waals surface area contributed by atoms with Crippen LogP contribution in [0.4, 0.5) is 0 Å². The molecule has 0 amide bonds. The second kappa shape index (κ2) is 9.50. The first-order chi connectivity index (χ1) is 7.22. The molecule has 0 bridgehead atoms. The van der Waals surface area contributed by atoms with Crippen LogP contribution in [-0.2, 0) is 0 Å². The summed E-state index contributed by atoms with van der Waals surface area (Å²) in [5, 5.41) is 0. The smallest absolute Gasteiger partial charge is 0.0885 e. The highest BCUT2D eigenvalue weighted by atomic mass is 15.1. The molecule has 0 aromatic rings. The molecule has 86 valence electrons. The molecule has 15 heavy (non-hydrogen) atoms. The Morgan fingerprint density at radius 3 is 2.53 bits per heavy atom. The minimum Gasteiger partial charge on any atom is -0.340 e. The Labute approximate surface area is 94.4 Å². The molecule has 0 unspecified atom stereocenters. The maximum atomic E-state index is 3.97. The van der Waals surface area contributed by atoms with Crippen molar-refractivity contribution in [1.29, 1.82) is 0 Å². The van der Waals surface area contributed by atoms with Crippen LogP contribution in [-0.4, -0.2) is 25.3 Å². The fraction of sp³-hybridized carbons (Fsp3) is 0.615. The van der Waals surface area contributed by atoms with Gasteiger partial charge in [0.2, 0.25) is 0 Å². The molecular formula is C13H24N2. The average Bonchev–Trinajstić information content (AvgIpc) is 2.23. The maximum Gasteiger partial charge on any atom is 0.0885 e. The van der Waals surface area contributed by atoms with Crippen molar-refractivity contribution in [3.63, 3.8) is 0 Å². The van der Waals surface area contributed by atoms with E-state index in [1.807, 2.05) is 24.4 Å². The summed E-state index contributed by atoms with van der Waals surface area (Å²) >= 11 is 0. The summed E-state index contributed by atoms with van der Waals surface area (Å²) in [5.41, 5.74) is 1.27. The summed E-state index contributed by atoms with van der Waals surface area (Å²) in [6.07, 6.45) is 12.2. The summed E-state index contributed by atoms with van der Waals surface area (Å²) < 4.78 is 0. The number of nitrogens with zero attached hydrogens (tertiary/aromatic N) is 2. The zero-order valence-corrected chi connectivity index (χ0v) is 10.4. The largest absolute Gasteiger partial charge is 0.340 e. The summed E-state index contributed by atoms with van der Waals surface area (Å²) in [6, 6.07) is 0. The van der Waals surface area contributed by atoms with E-state index >= 15 is 0 Å². The van der Waals surface area contributed by atoms with Gasteiger partial charge in [-0.2, -0.15) is 0 Å². The van der Waals surface area contributed by atoms with Crippen molar-refractivity contribution >= 4 is 6.34 Å². The van der Waals surface area contributed by atoms with Gasteiger partial charge in [-0.3, -0.25) is 4.99 Å². The van der Waals surface area contributed by atoms with Crippen molar-refractivity contribution in [2.24, 2.45) is 4.99 Å². The van der Waals surface area contributed by atoms with E-state index in [9.17, 15) is 0 Å². The first-order valence-corrected chi connectivity index (χ1v) is 5.65. The third-order valence-corrected chi connectivity index (χ3v) is 2.40. The molecule has 0 N–H and O–H groups in total. The van der Waals surface area contributed by atoms with Crippen LogP contribution in [0.2, 0.25) is 0 Å². The lowest BCUT2D eigenvalue weighted by Crippen LogP contribution is -2.12. The van der Waals surface area contributed by atoms with E-state index < -0.39 is 0 Å². The van der Waals surface area contributed by atoms with E-state index in [-0.39, 0.29) is 0 Å². The SMILES string of the molecule is C=CCCCCC/C=C(\C)N(C)C=NC. The van der Waals surface area contributed by atoms with E-state index in [1.54, 1.807) is 7.05 Å². The van der Waals surface area contributed by atoms with Gasteiger partial charge < -0.3 is 4.90 Å². The van der Waals surface area contributed by atoms with Gasteiger partial charge in [0.05, 0.1) is 6.34 Å². The van der Waals surface area contributed by atoms with Crippen molar-refractivity contribution in [2.75, 3.05) is 14.1 Å². The molecule has 2 heteroatoms. The number of hydrogen-bond donors (Lipinski definition) is 0. The van der Waals surface area contributed by atoms with E-state index in [0.29, 0.717) is 0 Å². The lowest BCUT2D eigenvalue weighted by molar-refractivity contribution is 0.629. The molecule has 0 fully saturated rings. The van der Waals surface area contributed by atoms with Gasteiger partial charge in [0, 0.05) is 19.8 Å². The second-order valence-corrected chi connectivity index (χ2v) is 3.76. The van der Waals surface area contributed by atoms with Crippen LogP contribution in [0.1, 0.15) is 39.0 Å². The Kier molecular flexibility index (Phi) is 8.84. The third kappa shape index (κ3) is 7.98. The minimum absolute atomic E-state index is 1.14. The van der Waals surface area contributed by atoms with Gasteiger partial charge in [0.25, 0.3) is 0 Å². The zero-order chi connectivity index (χ0) is 11.5. The van der Waals surface area contributed by atoms with E-state index in [1.165, 1.54) is 25.0 Å². The van der Waals surface area contributed by atoms with Crippen LogP contribution in [0, 0.1) is 0 Å². The van der Waals surface area contributed by atoms with Gasteiger partial charge in [0.1, 0.15) is 0 Å². The molecular weight excluding hydrogens is 184 g/mol. The maximum absolute atomic E-state index is 3.97. The van der Waals surface area contributed by atoms with Crippen molar-refractivity contribution in [2.45, 2.75) is 39.0 Å². The lowest BCUT2D eigenvalue weighted by Gasteiger charge is -2.13. The molecule has 0 saturated heterocycles. The number of unbranched alkanes of at least 4 members (excludes halogenated alkanes) is 4. The van der Waals surface area contributed by atoms with Crippen molar-refractivity contribution in [3.8, 4) is 0 Å². The first kappa shape index (κ1) is 13.9.